The Kier molecular flexibility index (Phi) is 6.42. The number of phenolic OH excluding ortho intramolecular Hbond substituents is 1. The van der Waals surface area contributed by atoms with E-state index in [2.05, 4.69) is 42.3 Å². The first-order chi connectivity index (χ1) is 15.4. The summed E-state index contributed by atoms with van der Waals surface area (Å²) < 4.78 is 6.18. The van der Waals surface area contributed by atoms with Gasteiger partial charge in [-0.1, -0.05) is 30.3 Å². The zero-order valence-corrected chi connectivity index (χ0v) is 18.5. The molecule has 0 saturated heterocycles. The number of ether oxygens (including phenoxy) is 1. The quantitative estimate of drug-likeness (QED) is 0.533. The van der Waals surface area contributed by atoms with Crippen molar-refractivity contribution < 1.29 is 14.6 Å². The van der Waals surface area contributed by atoms with E-state index in [-0.39, 0.29) is 29.6 Å². The number of nitrogens with zero attached hydrogens (tertiary/aromatic N) is 1. The van der Waals surface area contributed by atoms with Crippen molar-refractivity contribution in [1.29, 1.82) is 0 Å². The number of hydrogen-bond acceptors (Lipinski definition) is 5. The van der Waals surface area contributed by atoms with Crippen LogP contribution in [0.3, 0.4) is 0 Å². The summed E-state index contributed by atoms with van der Waals surface area (Å²) in [5.74, 6) is 0.126. The summed E-state index contributed by atoms with van der Waals surface area (Å²) in [7, 11) is 0. The number of hydrogen-bond donors (Lipinski definition) is 3. The maximum Gasteiger partial charge on any atom is 0.255 e. The molecule has 4 rings (SSSR count). The Balaban J connectivity index is 1.43. The predicted octanol–water partition coefficient (Wildman–Crippen LogP) is 4.52. The van der Waals surface area contributed by atoms with Crippen LogP contribution in [0.1, 0.15) is 46.3 Å². The Morgan fingerprint density at radius 2 is 1.88 bits per heavy atom. The van der Waals surface area contributed by atoms with Crippen LogP contribution >= 0.6 is 0 Å². The summed E-state index contributed by atoms with van der Waals surface area (Å²) in [6.07, 6.45) is 4.38. The first-order valence-corrected chi connectivity index (χ1v) is 10.9. The summed E-state index contributed by atoms with van der Waals surface area (Å²) >= 11 is 0. The van der Waals surface area contributed by atoms with Gasteiger partial charge in [-0.15, -0.1) is 0 Å². The summed E-state index contributed by atoms with van der Waals surface area (Å²) in [5.41, 5.74) is 11.6. The lowest BCUT2D eigenvalue weighted by Crippen LogP contribution is -2.41. The number of amides is 1. The number of carbonyl (C=O) groups excluding carboxylic acids is 1. The minimum Gasteiger partial charge on any atom is -0.508 e. The largest absolute Gasteiger partial charge is 0.508 e. The van der Waals surface area contributed by atoms with E-state index in [0.29, 0.717) is 12.2 Å². The minimum atomic E-state index is -0.248. The molecule has 1 aromatic heterocycles. The van der Waals surface area contributed by atoms with Gasteiger partial charge >= 0.3 is 0 Å². The molecular formula is C26H29N3O3. The molecule has 32 heavy (non-hydrogen) atoms. The molecule has 0 unspecified atom stereocenters. The highest BCUT2D eigenvalue weighted by Gasteiger charge is 2.30. The molecule has 1 saturated carbocycles. The van der Waals surface area contributed by atoms with Crippen molar-refractivity contribution in [1.82, 2.24) is 10.3 Å². The monoisotopic (exact) mass is 431 g/mol. The van der Waals surface area contributed by atoms with E-state index < -0.39 is 0 Å². The number of aryl methyl sites for hydroxylation is 2. The lowest BCUT2D eigenvalue weighted by atomic mass is 10.0. The molecule has 1 fully saturated rings. The fourth-order valence-electron chi connectivity index (χ4n) is 4.10. The molecule has 1 amide bonds. The highest BCUT2D eigenvalue weighted by Crippen LogP contribution is 2.26. The number of phenols is 1. The van der Waals surface area contributed by atoms with Gasteiger partial charge in [0.2, 0.25) is 0 Å². The molecule has 6 nitrogen and oxygen atoms in total. The van der Waals surface area contributed by atoms with E-state index in [1.807, 2.05) is 0 Å². The molecule has 4 N–H and O–H groups in total. The first-order valence-electron chi connectivity index (χ1n) is 10.9. The zero-order chi connectivity index (χ0) is 22.7. The molecule has 0 aliphatic heterocycles. The van der Waals surface area contributed by atoms with Crippen molar-refractivity contribution in [3.63, 3.8) is 0 Å². The van der Waals surface area contributed by atoms with Gasteiger partial charge in [0, 0.05) is 11.8 Å². The van der Waals surface area contributed by atoms with Crippen LogP contribution in [-0.2, 0) is 11.3 Å². The number of nitrogens with two attached hydrogens (primary N) is 1. The van der Waals surface area contributed by atoms with E-state index in [1.54, 1.807) is 36.5 Å². The van der Waals surface area contributed by atoms with Crippen LogP contribution in [-0.4, -0.2) is 28.1 Å². The van der Waals surface area contributed by atoms with Gasteiger partial charge in [0.15, 0.2) is 0 Å². The predicted molar refractivity (Wildman–Crippen MR) is 125 cm³/mol. The smallest absolute Gasteiger partial charge is 0.255 e. The second kappa shape index (κ2) is 9.40. The van der Waals surface area contributed by atoms with Gasteiger partial charge in [-0.2, -0.15) is 0 Å². The lowest BCUT2D eigenvalue weighted by Gasteiger charge is -2.22. The Morgan fingerprint density at radius 3 is 2.62 bits per heavy atom. The van der Waals surface area contributed by atoms with Crippen LogP contribution in [0, 0.1) is 13.8 Å². The van der Waals surface area contributed by atoms with Crippen molar-refractivity contribution in [3.8, 4) is 16.9 Å². The zero-order valence-electron chi connectivity index (χ0n) is 18.5. The average molecular weight is 432 g/mol. The molecular weight excluding hydrogens is 402 g/mol. The normalized spacial score (nSPS) is 17.9. The van der Waals surface area contributed by atoms with Crippen molar-refractivity contribution in [2.24, 2.45) is 0 Å². The second-order valence-electron chi connectivity index (χ2n) is 8.48. The molecule has 0 spiro atoms. The maximum absolute atomic E-state index is 13.0. The molecule has 2 aromatic carbocycles. The van der Waals surface area contributed by atoms with Crippen LogP contribution in [0.4, 0.5) is 5.82 Å². The van der Waals surface area contributed by atoms with Crippen molar-refractivity contribution >= 4 is 11.7 Å². The Labute approximate surface area is 188 Å². The van der Waals surface area contributed by atoms with Gasteiger partial charge < -0.3 is 20.9 Å². The van der Waals surface area contributed by atoms with E-state index in [4.69, 9.17) is 10.5 Å². The number of nitrogen functional groups attached to an aromatic ring is 1. The van der Waals surface area contributed by atoms with Gasteiger partial charge in [-0.25, -0.2) is 4.98 Å². The minimum absolute atomic E-state index is 0.0324. The van der Waals surface area contributed by atoms with Crippen LogP contribution in [0.5, 0.6) is 5.75 Å². The van der Waals surface area contributed by atoms with Gasteiger partial charge in [-0.05, 0) is 73.6 Å². The fraction of sp³-hybridized carbons (Fsp3) is 0.308. The van der Waals surface area contributed by atoms with Crippen molar-refractivity contribution in [2.75, 3.05) is 5.73 Å². The number of aromatic hydroxyl groups is 1. The third-order valence-electron chi connectivity index (χ3n) is 6.17. The van der Waals surface area contributed by atoms with Crippen LogP contribution in [0.2, 0.25) is 0 Å². The number of nitrogens with one attached hydrogen (secondary N) is 1. The first kappa shape index (κ1) is 21.8. The summed E-state index contributed by atoms with van der Waals surface area (Å²) in [4.78, 5) is 17.2. The number of carbonyl (C=O) groups is 1. The molecule has 2 atom stereocenters. The lowest BCUT2D eigenvalue weighted by molar-refractivity contribution is 0.0272. The summed E-state index contributed by atoms with van der Waals surface area (Å²) in [6, 6.07) is 14.8. The topological polar surface area (TPSA) is 97.5 Å². The maximum atomic E-state index is 13.0. The van der Waals surface area contributed by atoms with Crippen molar-refractivity contribution in [2.45, 2.75) is 51.9 Å². The molecule has 1 heterocycles. The van der Waals surface area contributed by atoms with Crippen LogP contribution < -0.4 is 11.1 Å². The van der Waals surface area contributed by atoms with Gasteiger partial charge in [0.1, 0.15) is 11.6 Å². The third kappa shape index (κ3) is 4.92. The van der Waals surface area contributed by atoms with E-state index >= 15 is 0 Å². The molecule has 1 aliphatic rings. The van der Waals surface area contributed by atoms with E-state index in [0.717, 1.165) is 36.0 Å². The molecule has 166 valence electrons. The number of benzene rings is 2. The standard InChI is InChI=1S/C26H29N3O3/c1-16-6-7-18(12-17(16)2)15-32-24-5-3-4-23(24)29-26(31)22-13-20(14-28-25(22)27)19-8-10-21(30)11-9-19/h6-14,23-24,30H,3-5,15H2,1-2H3,(H2,27,28)(H,29,31)/t23-,24-/m0/s1. The number of aromatic nitrogens is 1. The second-order valence-corrected chi connectivity index (χ2v) is 8.48. The SMILES string of the molecule is Cc1ccc(CO[C@H]2CCC[C@@H]2NC(=O)c2cc(-c3ccc(O)cc3)cnc2N)cc1C. The number of rotatable bonds is 6. The van der Waals surface area contributed by atoms with Crippen LogP contribution in [0.25, 0.3) is 11.1 Å². The molecule has 6 heteroatoms. The van der Waals surface area contributed by atoms with Crippen molar-refractivity contribution in [3.05, 3.63) is 77.0 Å². The summed E-state index contributed by atoms with van der Waals surface area (Å²) in [6.45, 7) is 4.72. The Hall–Kier alpha value is -3.38. The molecule has 1 aliphatic carbocycles. The Bertz CT molecular complexity index is 1110. The highest BCUT2D eigenvalue weighted by molar-refractivity contribution is 5.99. The Morgan fingerprint density at radius 1 is 1.09 bits per heavy atom. The average Bonchev–Trinajstić information content (AvgIpc) is 3.22. The third-order valence-corrected chi connectivity index (χ3v) is 6.17. The fourth-order valence-corrected chi connectivity index (χ4v) is 4.10. The number of pyridine rings is 1. The molecule has 3 aromatic rings. The summed E-state index contributed by atoms with van der Waals surface area (Å²) in [5, 5.41) is 12.6. The van der Waals surface area contributed by atoms with Gasteiger partial charge in [-0.3, -0.25) is 4.79 Å². The highest BCUT2D eigenvalue weighted by atomic mass is 16.5. The van der Waals surface area contributed by atoms with Crippen LogP contribution in [0.15, 0.2) is 54.7 Å². The molecule has 0 radical (unpaired) electrons. The van der Waals surface area contributed by atoms with E-state index in [1.165, 1.54) is 11.1 Å². The van der Waals surface area contributed by atoms with E-state index in [9.17, 15) is 9.90 Å². The van der Waals surface area contributed by atoms with Gasteiger partial charge in [0.05, 0.1) is 24.3 Å². The number of anilines is 1. The molecule has 0 bridgehead atoms. The van der Waals surface area contributed by atoms with Gasteiger partial charge in [0.25, 0.3) is 5.91 Å².